The number of carbonyl (C=O) groups is 1. The smallest absolute Gasteiger partial charge is 0.320 e. The van der Waals surface area contributed by atoms with Gasteiger partial charge < -0.3 is 16.6 Å². The highest BCUT2D eigenvalue weighted by Gasteiger charge is 2.11. The maximum atomic E-state index is 10.3. The van der Waals surface area contributed by atoms with Gasteiger partial charge in [-0.1, -0.05) is 0 Å². The molecule has 76 valence electrons. The van der Waals surface area contributed by atoms with Gasteiger partial charge in [-0.2, -0.15) is 0 Å². The van der Waals surface area contributed by atoms with Crippen LogP contribution in [-0.2, 0) is 4.79 Å². The molecule has 0 radical (unpaired) electrons. The third-order valence-corrected chi connectivity index (χ3v) is 1.54. The first-order chi connectivity index (χ1) is 5.95. The molecule has 8 N–H and O–H groups in total. The number of hydrazine groups is 1. The number of carboxylic acid groups (broad SMARTS) is 1. The van der Waals surface area contributed by atoms with Crippen molar-refractivity contribution in [3.63, 3.8) is 0 Å². The zero-order valence-corrected chi connectivity index (χ0v) is 7.23. The van der Waals surface area contributed by atoms with E-state index in [-0.39, 0.29) is 5.96 Å². The van der Waals surface area contributed by atoms with Crippen LogP contribution < -0.4 is 17.3 Å². The van der Waals surface area contributed by atoms with Gasteiger partial charge in [-0.25, -0.2) is 5.84 Å². The van der Waals surface area contributed by atoms with E-state index < -0.39 is 12.0 Å². The summed E-state index contributed by atoms with van der Waals surface area (Å²) in [7, 11) is 0. The second-order valence-electron chi connectivity index (χ2n) is 2.67. The number of nitrogens with one attached hydrogen (secondary N) is 1. The minimum atomic E-state index is -1.04. The van der Waals surface area contributed by atoms with Gasteiger partial charge in [0.15, 0.2) is 0 Å². The molecular weight excluding hydrogens is 174 g/mol. The molecule has 0 bridgehead atoms. The molecule has 1 unspecified atom stereocenters. The van der Waals surface area contributed by atoms with Crippen LogP contribution >= 0.6 is 0 Å². The molecule has 7 heteroatoms. The van der Waals surface area contributed by atoms with Crippen LogP contribution in [0.25, 0.3) is 0 Å². The molecule has 0 saturated heterocycles. The Morgan fingerprint density at radius 1 is 1.62 bits per heavy atom. The summed E-state index contributed by atoms with van der Waals surface area (Å²) in [6, 6.07) is -0.875. The van der Waals surface area contributed by atoms with Gasteiger partial charge in [0.25, 0.3) is 0 Å². The molecule has 0 aliphatic rings. The van der Waals surface area contributed by atoms with E-state index in [1.54, 1.807) is 0 Å². The molecule has 0 aliphatic carbocycles. The van der Waals surface area contributed by atoms with Crippen molar-refractivity contribution in [2.45, 2.75) is 18.9 Å². The highest BCUT2D eigenvalue weighted by Crippen LogP contribution is 1.95. The van der Waals surface area contributed by atoms with Crippen LogP contribution in [-0.4, -0.2) is 34.6 Å². The van der Waals surface area contributed by atoms with Crippen molar-refractivity contribution in [1.82, 2.24) is 5.01 Å². The van der Waals surface area contributed by atoms with Crippen molar-refractivity contribution in [3.05, 3.63) is 0 Å². The molecule has 0 aromatic rings. The summed E-state index contributed by atoms with van der Waals surface area (Å²) < 4.78 is 0. The lowest BCUT2D eigenvalue weighted by atomic mass is 10.2. The predicted molar refractivity (Wildman–Crippen MR) is 47.7 cm³/mol. The molecular formula is C6H15N5O2. The van der Waals surface area contributed by atoms with Crippen LogP contribution in [0.15, 0.2) is 0 Å². The van der Waals surface area contributed by atoms with E-state index in [0.29, 0.717) is 19.4 Å². The van der Waals surface area contributed by atoms with Gasteiger partial charge in [0.2, 0.25) is 5.96 Å². The number of hydrogen-bond acceptors (Lipinski definition) is 4. The highest BCUT2D eigenvalue weighted by molar-refractivity contribution is 5.74. The molecule has 0 rings (SSSR count). The lowest BCUT2D eigenvalue weighted by molar-refractivity contribution is -0.138. The fraction of sp³-hybridized carbons (Fsp3) is 0.667. The topological polar surface area (TPSA) is 142 Å². The molecule has 0 aromatic carbocycles. The summed E-state index contributed by atoms with van der Waals surface area (Å²) in [5.41, 5.74) is 10.3. The van der Waals surface area contributed by atoms with E-state index in [1.807, 2.05) is 0 Å². The Morgan fingerprint density at radius 3 is 2.54 bits per heavy atom. The summed E-state index contributed by atoms with van der Waals surface area (Å²) >= 11 is 0. The number of guanidine groups is 1. The van der Waals surface area contributed by atoms with Gasteiger partial charge in [0, 0.05) is 6.54 Å². The first-order valence-corrected chi connectivity index (χ1v) is 3.79. The summed E-state index contributed by atoms with van der Waals surface area (Å²) in [6.07, 6.45) is 0.805. The minimum Gasteiger partial charge on any atom is -0.480 e. The molecule has 0 aliphatic heterocycles. The molecule has 13 heavy (non-hydrogen) atoms. The normalized spacial score (nSPS) is 12.2. The van der Waals surface area contributed by atoms with Gasteiger partial charge >= 0.3 is 5.97 Å². The van der Waals surface area contributed by atoms with Gasteiger partial charge in [-0.3, -0.25) is 15.2 Å². The van der Waals surface area contributed by atoms with Crippen molar-refractivity contribution >= 4 is 11.9 Å². The molecule has 0 fully saturated rings. The Bertz CT molecular complexity index is 175. The first-order valence-electron chi connectivity index (χ1n) is 3.79. The second kappa shape index (κ2) is 5.33. The van der Waals surface area contributed by atoms with Crippen LogP contribution in [0.1, 0.15) is 12.8 Å². The molecule has 0 saturated carbocycles. The molecule has 0 amide bonds. The van der Waals surface area contributed by atoms with Crippen LogP contribution in [0.5, 0.6) is 0 Å². The molecule has 0 heterocycles. The maximum Gasteiger partial charge on any atom is 0.320 e. The van der Waals surface area contributed by atoms with Crippen LogP contribution in [0.2, 0.25) is 0 Å². The summed E-state index contributed by atoms with van der Waals surface area (Å²) in [4.78, 5) is 10.3. The highest BCUT2D eigenvalue weighted by atomic mass is 16.4. The molecule has 0 aromatic heterocycles. The number of nitrogens with two attached hydrogens (primary N) is 3. The van der Waals surface area contributed by atoms with Crippen molar-refractivity contribution in [2.75, 3.05) is 6.54 Å². The molecule has 0 spiro atoms. The van der Waals surface area contributed by atoms with Crippen LogP contribution in [0.3, 0.4) is 0 Å². The van der Waals surface area contributed by atoms with Gasteiger partial charge in [-0.05, 0) is 12.8 Å². The number of nitrogens with zero attached hydrogens (tertiary/aromatic N) is 1. The lowest BCUT2D eigenvalue weighted by Crippen LogP contribution is -2.43. The van der Waals surface area contributed by atoms with Gasteiger partial charge in [0.05, 0.1) is 0 Å². The molecule has 7 nitrogen and oxygen atoms in total. The number of rotatable bonds is 5. The number of aliphatic carboxylic acids is 1. The zero-order valence-electron chi connectivity index (χ0n) is 7.23. The Morgan fingerprint density at radius 2 is 2.15 bits per heavy atom. The summed E-state index contributed by atoms with van der Waals surface area (Å²) in [6.45, 7) is 0.330. The van der Waals surface area contributed by atoms with E-state index in [4.69, 9.17) is 27.8 Å². The maximum absolute atomic E-state index is 10.3. The van der Waals surface area contributed by atoms with Crippen molar-refractivity contribution in [2.24, 2.45) is 17.3 Å². The van der Waals surface area contributed by atoms with E-state index in [2.05, 4.69) is 0 Å². The number of carboxylic acids is 1. The fourth-order valence-electron chi connectivity index (χ4n) is 0.725. The van der Waals surface area contributed by atoms with Crippen molar-refractivity contribution in [3.8, 4) is 0 Å². The van der Waals surface area contributed by atoms with Crippen molar-refractivity contribution < 1.29 is 9.90 Å². The van der Waals surface area contributed by atoms with E-state index in [9.17, 15) is 4.79 Å². The van der Waals surface area contributed by atoms with Crippen LogP contribution in [0.4, 0.5) is 0 Å². The quantitative estimate of drug-likeness (QED) is 0.150. The van der Waals surface area contributed by atoms with Crippen molar-refractivity contribution in [1.29, 1.82) is 5.41 Å². The molecule has 1 atom stereocenters. The lowest BCUT2D eigenvalue weighted by Gasteiger charge is -2.16. The van der Waals surface area contributed by atoms with E-state index in [0.717, 1.165) is 5.01 Å². The summed E-state index contributed by atoms with van der Waals surface area (Å²) in [5, 5.41) is 16.4. The second-order valence-corrected chi connectivity index (χ2v) is 2.67. The largest absolute Gasteiger partial charge is 0.480 e. The third kappa shape index (κ3) is 4.99. The number of hydrogen-bond donors (Lipinski definition) is 5. The van der Waals surface area contributed by atoms with Gasteiger partial charge in [-0.15, -0.1) is 0 Å². The first kappa shape index (κ1) is 11.7. The standard InChI is InChI=1S/C6H15N5O2/c7-4(5(12)13)2-1-3-11(10)6(8)9/h4H,1-3,7,10H2,(H3,8,9)(H,12,13). The average Bonchev–Trinajstić information content (AvgIpc) is 2.03. The SMILES string of the molecule is N=C(N)N(N)CCCC(N)C(=O)O. The van der Waals surface area contributed by atoms with E-state index in [1.165, 1.54) is 0 Å². The fourth-order valence-corrected chi connectivity index (χ4v) is 0.725. The van der Waals surface area contributed by atoms with E-state index >= 15 is 0 Å². The Kier molecular flexibility index (Phi) is 4.78. The Hall–Kier alpha value is -1.34. The Balaban J connectivity index is 3.56. The average molecular weight is 189 g/mol. The zero-order chi connectivity index (χ0) is 10.4. The monoisotopic (exact) mass is 189 g/mol. The van der Waals surface area contributed by atoms with Crippen LogP contribution in [0, 0.1) is 5.41 Å². The minimum absolute atomic E-state index is 0.246. The van der Waals surface area contributed by atoms with Gasteiger partial charge in [0.1, 0.15) is 6.04 Å². The Labute approximate surface area is 76.0 Å². The predicted octanol–water partition coefficient (Wildman–Crippen LogP) is -1.75. The summed E-state index contributed by atoms with van der Waals surface area (Å²) in [5.74, 6) is 3.99. The third-order valence-electron chi connectivity index (χ3n) is 1.54.